The first-order valence-corrected chi connectivity index (χ1v) is 58.9. The molecule has 2 saturated heterocycles. The van der Waals surface area contributed by atoms with Crippen LogP contribution in [-0.4, -0.2) is 48.8 Å². The zero-order valence-electron chi connectivity index (χ0n) is 82.0. The Hall–Kier alpha value is -7.66. The van der Waals surface area contributed by atoms with Crippen LogP contribution in [0.3, 0.4) is 0 Å². The highest BCUT2D eigenvalue weighted by atomic mass is 32.2. The van der Waals surface area contributed by atoms with Crippen molar-refractivity contribution in [2.24, 2.45) is 33.7 Å². The summed E-state index contributed by atoms with van der Waals surface area (Å²) in [6.07, 6.45) is 56.2. The van der Waals surface area contributed by atoms with Crippen molar-refractivity contribution in [3.05, 3.63) is 248 Å². The molecule has 0 saturated carbocycles. The number of nitrogens with zero attached hydrogens (tertiary/aromatic N) is 4. The van der Waals surface area contributed by atoms with Crippen molar-refractivity contribution in [3.8, 4) is 51.9 Å². The van der Waals surface area contributed by atoms with E-state index >= 15 is 0 Å². The number of benzene rings is 5. The van der Waals surface area contributed by atoms with E-state index in [-0.39, 0.29) is 35.0 Å². The van der Waals surface area contributed by atoms with Gasteiger partial charge in [0.1, 0.15) is 11.5 Å². The molecule has 714 valence electrons. The van der Waals surface area contributed by atoms with Gasteiger partial charge < -0.3 is 19.3 Å². The lowest BCUT2D eigenvalue weighted by Crippen LogP contribution is -2.43. The maximum Gasteiger partial charge on any atom is 0.146 e. The molecule has 4 aliphatic carbocycles. The molecule has 10 heterocycles. The van der Waals surface area contributed by atoms with Crippen molar-refractivity contribution in [3.63, 3.8) is 0 Å². The quantitative estimate of drug-likeness (QED) is 0.0218. The first-order chi connectivity index (χ1) is 67.0. The monoisotopic (exact) mass is 1960 g/mol. The van der Waals surface area contributed by atoms with E-state index in [2.05, 4.69) is 292 Å². The van der Waals surface area contributed by atoms with E-state index in [1.54, 1.807) is 46.5 Å². The summed E-state index contributed by atoms with van der Waals surface area (Å²) >= 11 is 15.1. The molecule has 0 radical (unpaired) electrons. The minimum atomic E-state index is -0.122. The number of hydrogen-bond donors (Lipinski definition) is 4. The smallest absolute Gasteiger partial charge is 0.146 e. The molecule has 0 spiro atoms. The third-order valence-corrected chi connectivity index (χ3v) is 39.6. The van der Waals surface area contributed by atoms with Crippen LogP contribution in [0.5, 0.6) is 11.5 Å². The lowest BCUT2D eigenvalue weighted by Gasteiger charge is -2.38. The number of thiophene rings is 6. The largest absolute Gasteiger partial charge is 0.491 e. The minimum absolute atomic E-state index is 0.0329. The van der Waals surface area contributed by atoms with Gasteiger partial charge in [0.05, 0.1) is 68.0 Å². The molecule has 11 aromatic rings. The maximum absolute atomic E-state index is 7.41. The maximum atomic E-state index is 7.41. The standard InChI is InChI=1S/C118H142N8O2S8/c1-11-21-27-41-63-127-109-89-65-99(91-75-119-105(107-103(91)121-135-123-107)101-69-95-115(133-101)113-93(117(95,71-77(17-7)43-23-13-3)72-78(18-8)44-24-14-4)67-97(129-113)81-55-59-87(60-56-81)125(83-47-33-29-34-48-83)84-49-35-30-36-50-84)132-112(89)110(128-64-42-28-22-12-2)90-66-100(131-111(90)109)92-76-120-106(108-104(92)122-136-124-108)102-70-96-116(134-102)114-94(118(96,73-79(19-9)45-25-15-5)74-80(20-10)46-26-16-6)68-98(130-114)82-57-61-88(62-58-82)126(85-51-37-31-38-52-85)86-53-39-32-40-54-86/h29-31,33-37,39,47-51,53-62,65-70,75-80,103-104,107-108,121-124H,11-28,32,38,40-46,52,63-64,71-74H2,1-10H3. The summed E-state index contributed by atoms with van der Waals surface area (Å²) in [6.45, 7) is 25.3. The molecule has 4 aliphatic heterocycles. The minimum Gasteiger partial charge on any atom is -0.491 e. The van der Waals surface area contributed by atoms with Crippen LogP contribution in [0.15, 0.2) is 216 Å². The number of fused-ring (bicyclic) bond motifs is 10. The summed E-state index contributed by atoms with van der Waals surface area (Å²) in [5.74, 6) is 4.42. The summed E-state index contributed by atoms with van der Waals surface area (Å²) in [5.41, 5.74) is 20.7. The van der Waals surface area contributed by atoms with Gasteiger partial charge in [-0.25, -0.2) is 18.9 Å². The predicted molar refractivity (Wildman–Crippen MR) is 598 cm³/mol. The number of hydrogen-bond acceptors (Lipinski definition) is 18. The fraction of sp³-hybridized carbons (Fsp3) is 0.458. The predicted octanol–water partition coefficient (Wildman–Crippen LogP) is 36.0. The van der Waals surface area contributed by atoms with Crippen molar-refractivity contribution in [1.82, 2.24) is 18.9 Å². The Morgan fingerprint density at radius 1 is 0.382 bits per heavy atom. The molecule has 2 fully saturated rings. The third kappa shape index (κ3) is 19.8. The molecule has 19 rings (SSSR count). The summed E-state index contributed by atoms with van der Waals surface area (Å²) in [4.78, 5) is 30.1. The molecule has 0 amide bonds. The van der Waals surface area contributed by atoms with Crippen LogP contribution in [-0.2, 0) is 10.8 Å². The van der Waals surface area contributed by atoms with Gasteiger partial charge in [-0.3, -0.25) is 9.98 Å². The molecule has 4 N–H and O–H groups in total. The topological polar surface area (TPSA) is 97.8 Å². The number of para-hydroxylation sites is 2. The van der Waals surface area contributed by atoms with Gasteiger partial charge in [0.15, 0.2) is 0 Å². The van der Waals surface area contributed by atoms with E-state index in [0.29, 0.717) is 36.9 Å². The summed E-state index contributed by atoms with van der Waals surface area (Å²) in [6, 6.07) is 56.1. The van der Waals surface area contributed by atoms with Gasteiger partial charge in [-0.1, -0.05) is 295 Å². The fourth-order valence-electron chi connectivity index (χ4n) is 23.1. The zero-order valence-corrected chi connectivity index (χ0v) is 88.5. The van der Waals surface area contributed by atoms with E-state index in [9.17, 15) is 0 Å². The molecule has 136 heavy (non-hydrogen) atoms. The van der Waals surface area contributed by atoms with Gasteiger partial charge in [-0.2, -0.15) is 0 Å². The van der Waals surface area contributed by atoms with Crippen molar-refractivity contribution in [2.45, 2.75) is 310 Å². The van der Waals surface area contributed by atoms with Gasteiger partial charge in [-0.15, -0.1) is 68.0 Å². The van der Waals surface area contributed by atoms with Crippen molar-refractivity contribution >= 4 is 158 Å². The molecule has 5 aromatic carbocycles. The average Bonchev–Trinajstić information content (AvgIpc) is 1.54. The van der Waals surface area contributed by atoms with Crippen LogP contribution in [0.4, 0.5) is 22.7 Å². The van der Waals surface area contributed by atoms with Crippen LogP contribution in [0.25, 0.3) is 71.7 Å². The Morgan fingerprint density at radius 2 is 0.772 bits per heavy atom. The Bertz CT molecular complexity index is 6020. The van der Waals surface area contributed by atoms with Crippen LogP contribution in [0, 0.1) is 23.7 Å². The van der Waals surface area contributed by atoms with Crippen LogP contribution >= 0.6 is 92.3 Å². The number of aliphatic imine (C=N–C) groups is 2. The van der Waals surface area contributed by atoms with E-state index < -0.39 is 0 Å². The molecular formula is C118H142N8O2S8. The molecule has 18 heteroatoms. The highest BCUT2D eigenvalue weighted by molar-refractivity contribution is 7.96. The lowest BCUT2D eigenvalue weighted by atomic mass is 9.65. The van der Waals surface area contributed by atoms with Gasteiger partial charge in [0.2, 0.25) is 0 Å². The molecule has 8 atom stereocenters. The van der Waals surface area contributed by atoms with Crippen molar-refractivity contribution in [1.29, 1.82) is 0 Å². The Kier molecular flexibility index (Phi) is 32.2. The number of ether oxygens (including phenoxy) is 2. The number of anilines is 4. The van der Waals surface area contributed by atoms with Gasteiger partial charge in [-0.05, 0) is 218 Å². The second kappa shape index (κ2) is 45.1. The van der Waals surface area contributed by atoms with Gasteiger partial charge in [0, 0.05) is 143 Å². The Labute approximate surface area is 844 Å². The van der Waals surface area contributed by atoms with Crippen molar-refractivity contribution in [2.75, 3.05) is 23.0 Å². The first-order valence-electron chi connectivity index (χ1n) is 52.4. The molecule has 8 unspecified atom stereocenters. The van der Waals surface area contributed by atoms with E-state index in [1.807, 2.05) is 68.0 Å². The molecule has 0 bridgehead atoms. The second-order valence-corrected chi connectivity index (χ2v) is 47.4. The third-order valence-electron chi connectivity index (χ3n) is 30.8. The molecule has 10 nitrogen and oxygen atoms in total. The summed E-state index contributed by atoms with van der Waals surface area (Å²) in [5, 5.41) is 2.26. The SMILES string of the molecule is CCCCCCOc1c2cc(C3=CN=C(c4cc5c(s4)-c4sc(-c6ccc(N(c7ccccc7)c7ccccc7)cc6)cc4C5(CC(CC)CCCC)CC(CC)CCCC)C4NSNC34)sc2c(OCCCCCC)c2cc(C3=CN=C(c4cc5c(s4)-c4sc(-c6ccc(N(C7=CCCC=C7)C7=CC=CCC7)cc6)cc4C5(CC(CC)CCCC)CC(CC)CCCC)C4NSNC34)sc12. The van der Waals surface area contributed by atoms with E-state index in [0.717, 1.165) is 112 Å². The Balaban J connectivity index is 0.693. The fourth-order valence-corrected chi connectivity index (χ4v) is 32.6. The van der Waals surface area contributed by atoms with Crippen LogP contribution in [0.2, 0.25) is 0 Å². The van der Waals surface area contributed by atoms with Crippen molar-refractivity contribution < 1.29 is 9.47 Å². The first kappa shape index (κ1) is 97.2. The zero-order chi connectivity index (χ0) is 93.2. The molecule has 6 aromatic heterocycles. The van der Waals surface area contributed by atoms with E-state index in [1.165, 1.54) is 242 Å². The summed E-state index contributed by atoms with van der Waals surface area (Å²) < 4.78 is 33.0. The normalized spacial score (nSPS) is 20.6. The molecule has 8 aliphatic rings. The lowest BCUT2D eigenvalue weighted by molar-refractivity contribution is 0.266. The average molecular weight is 1960 g/mol. The number of nitrogens with one attached hydrogen (secondary N) is 4. The van der Waals surface area contributed by atoms with Crippen LogP contribution in [0.1, 0.15) is 316 Å². The number of allylic oxidation sites excluding steroid dienone is 7. The Morgan fingerprint density at radius 3 is 1.15 bits per heavy atom. The second-order valence-electron chi connectivity index (χ2n) is 39.7. The number of rotatable bonds is 48. The molecular weight excluding hydrogens is 1820 g/mol. The summed E-state index contributed by atoms with van der Waals surface area (Å²) in [7, 11) is 0. The van der Waals surface area contributed by atoms with E-state index in [4.69, 9.17) is 19.5 Å². The number of unbranched alkanes of at least 4 members (excludes halogenated alkanes) is 10. The highest BCUT2D eigenvalue weighted by Gasteiger charge is 2.52. The van der Waals surface area contributed by atoms with Crippen LogP contribution < -0.4 is 38.2 Å². The highest BCUT2D eigenvalue weighted by Crippen LogP contribution is 2.66. The van der Waals surface area contributed by atoms with Gasteiger partial charge in [0.25, 0.3) is 0 Å². The van der Waals surface area contributed by atoms with Gasteiger partial charge >= 0.3 is 0 Å².